The molecule has 7 nitrogen and oxygen atoms in total. The topological polar surface area (TPSA) is 86.8 Å². The zero-order chi connectivity index (χ0) is 21.3. The Hall–Kier alpha value is -2.41. The van der Waals surface area contributed by atoms with Crippen LogP contribution in [0.2, 0.25) is 0 Å². The van der Waals surface area contributed by atoms with Crippen LogP contribution in [0.15, 0.2) is 18.2 Å². The molecule has 0 aromatic heterocycles. The molecule has 0 bridgehead atoms. The number of alkyl halides is 1. The number of fused-ring (bicyclic) bond motifs is 1. The number of imide groups is 1. The number of amides is 4. The summed E-state index contributed by atoms with van der Waals surface area (Å²) in [5.74, 6) is -0.657. The summed E-state index contributed by atoms with van der Waals surface area (Å²) in [7, 11) is 0. The van der Waals surface area contributed by atoms with E-state index in [0.29, 0.717) is 37.1 Å². The van der Waals surface area contributed by atoms with E-state index in [0.717, 1.165) is 0 Å². The molecule has 0 radical (unpaired) electrons. The predicted octanol–water partition coefficient (Wildman–Crippen LogP) is 2.43. The molecule has 1 fully saturated rings. The van der Waals surface area contributed by atoms with Gasteiger partial charge in [0.2, 0.25) is 5.91 Å². The van der Waals surface area contributed by atoms with Gasteiger partial charge in [0.05, 0.1) is 11.1 Å². The second-order valence-electron chi connectivity index (χ2n) is 8.45. The molecule has 1 aromatic rings. The molecular formula is C21H26ClN3O4. The second-order valence-corrected chi connectivity index (χ2v) is 8.83. The SMILES string of the molecule is CC(C)(C)N1C(=O)c2ccc(C(=O)N3CCC(NC(=O)CCCl)CC3)cc2C1=O. The van der Waals surface area contributed by atoms with Crippen LogP contribution in [-0.4, -0.2) is 64.0 Å². The molecule has 29 heavy (non-hydrogen) atoms. The summed E-state index contributed by atoms with van der Waals surface area (Å²) in [5, 5.41) is 2.93. The van der Waals surface area contributed by atoms with Gasteiger partial charge >= 0.3 is 0 Å². The summed E-state index contributed by atoms with van der Waals surface area (Å²) in [5.41, 5.74) is 0.374. The van der Waals surface area contributed by atoms with E-state index >= 15 is 0 Å². The van der Waals surface area contributed by atoms with Gasteiger partial charge in [-0.05, 0) is 51.8 Å². The number of benzene rings is 1. The lowest BCUT2D eigenvalue weighted by Crippen LogP contribution is -2.46. The average Bonchev–Trinajstić information content (AvgIpc) is 2.92. The van der Waals surface area contributed by atoms with Crippen LogP contribution in [0.4, 0.5) is 0 Å². The minimum absolute atomic E-state index is 0.0364. The van der Waals surface area contributed by atoms with E-state index in [4.69, 9.17) is 11.6 Å². The van der Waals surface area contributed by atoms with Crippen LogP contribution in [0.1, 0.15) is 71.1 Å². The van der Waals surface area contributed by atoms with Crippen molar-refractivity contribution in [2.75, 3.05) is 19.0 Å². The van der Waals surface area contributed by atoms with Gasteiger partial charge in [0.25, 0.3) is 17.7 Å². The lowest BCUT2D eigenvalue weighted by molar-refractivity contribution is -0.121. The van der Waals surface area contributed by atoms with Crippen molar-refractivity contribution >= 4 is 35.2 Å². The monoisotopic (exact) mass is 419 g/mol. The summed E-state index contributed by atoms with van der Waals surface area (Å²) in [6, 6.07) is 4.73. The lowest BCUT2D eigenvalue weighted by atomic mass is 10.0. The Labute approximate surface area is 175 Å². The molecule has 3 rings (SSSR count). The van der Waals surface area contributed by atoms with Crippen LogP contribution in [0.25, 0.3) is 0 Å². The molecule has 2 aliphatic rings. The summed E-state index contributed by atoms with van der Waals surface area (Å²) >= 11 is 5.58. The highest BCUT2D eigenvalue weighted by Gasteiger charge is 2.42. The van der Waals surface area contributed by atoms with Gasteiger partial charge in [-0.1, -0.05) is 0 Å². The van der Waals surface area contributed by atoms with Crippen molar-refractivity contribution in [3.8, 4) is 0 Å². The molecule has 1 N–H and O–H groups in total. The van der Waals surface area contributed by atoms with E-state index in [1.54, 1.807) is 37.8 Å². The molecule has 4 amide bonds. The smallest absolute Gasteiger partial charge is 0.262 e. The first-order valence-corrected chi connectivity index (χ1v) is 10.3. The Morgan fingerprint density at radius 2 is 1.72 bits per heavy atom. The Balaban J connectivity index is 1.69. The third-order valence-electron chi connectivity index (χ3n) is 5.27. The first kappa shape index (κ1) is 21.3. The van der Waals surface area contributed by atoms with Gasteiger partial charge in [-0.25, -0.2) is 0 Å². The van der Waals surface area contributed by atoms with Crippen LogP contribution >= 0.6 is 11.6 Å². The highest BCUT2D eigenvalue weighted by atomic mass is 35.5. The van der Waals surface area contributed by atoms with Crippen molar-refractivity contribution in [1.29, 1.82) is 0 Å². The molecule has 2 aliphatic heterocycles. The first-order valence-electron chi connectivity index (χ1n) is 9.81. The highest BCUT2D eigenvalue weighted by molar-refractivity contribution is 6.22. The number of carbonyl (C=O) groups excluding carboxylic acids is 4. The Kier molecular flexibility index (Phi) is 5.98. The Morgan fingerprint density at radius 1 is 1.10 bits per heavy atom. The third kappa shape index (κ3) is 4.29. The van der Waals surface area contributed by atoms with Crippen molar-refractivity contribution in [3.05, 3.63) is 34.9 Å². The fourth-order valence-electron chi connectivity index (χ4n) is 3.78. The molecule has 156 valence electrons. The largest absolute Gasteiger partial charge is 0.353 e. The zero-order valence-electron chi connectivity index (χ0n) is 17.0. The summed E-state index contributed by atoms with van der Waals surface area (Å²) < 4.78 is 0. The Bertz CT molecular complexity index is 854. The molecule has 2 heterocycles. The van der Waals surface area contributed by atoms with Crippen LogP contribution in [0, 0.1) is 0 Å². The Morgan fingerprint density at radius 3 is 2.31 bits per heavy atom. The van der Waals surface area contributed by atoms with Crippen molar-refractivity contribution < 1.29 is 19.2 Å². The maximum Gasteiger partial charge on any atom is 0.262 e. The normalized spacial score (nSPS) is 17.5. The number of nitrogens with one attached hydrogen (secondary N) is 1. The standard InChI is InChI=1S/C21H26ClN3O4/c1-21(2,3)25-19(28)15-5-4-13(12-16(15)20(25)29)18(27)24-10-7-14(8-11-24)23-17(26)6-9-22/h4-5,12,14H,6-11H2,1-3H3,(H,23,26). The summed E-state index contributed by atoms with van der Waals surface area (Å²) in [6.45, 7) is 6.44. The van der Waals surface area contributed by atoms with Crippen LogP contribution in [-0.2, 0) is 4.79 Å². The van der Waals surface area contributed by atoms with Gasteiger partial charge in [0.15, 0.2) is 0 Å². The second kappa shape index (κ2) is 8.14. The van der Waals surface area contributed by atoms with Gasteiger partial charge in [0, 0.05) is 42.5 Å². The number of nitrogens with zero attached hydrogens (tertiary/aromatic N) is 2. The van der Waals surface area contributed by atoms with E-state index in [1.807, 2.05) is 0 Å². The van der Waals surface area contributed by atoms with E-state index in [2.05, 4.69) is 5.32 Å². The van der Waals surface area contributed by atoms with Gasteiger partial charge in [-0.15, -0.1) is 11.6 Å². The first-order chi connectivity index (χ1) is 13.6. The maximum atomic E-state index is 12.9. The highest BCUT2D eigenvalue weighted by Crippen LogP contribution is 2.30. The van der Waals surface area contributed by atoms with Crippen LogP contribution in [0.3, 0.4) is 0 Å². The molecule has 0 saturated carbocycles. The van der Waals surface area contributed by atoms with E-state index in [1.165, 1.54) is 11.0 Å². The number of piperidine rings is 1. The number of hydrogen-bond acceptors (Lipinski definition) is 4. The van der Waals surface area contributed by atoms with E-state index < -0.39 is 5.54 Å². The molecule has 0 aliphatic carbocycles. The van der Waals surface area contributed by atoms with Crippen molar-refractivity contribution in [1.82, 2.24) is 15.1 Å². The quantitative estimate of drug-likeness (QED) is 0.599. The molecule has 0 unspecified atom stereocenters. The van der Waals surface area contributed by atoms with Crippen molar-refractivity contribution in [2.45, 2.75) is 51.6 Å². The lowest BCUT2D eigenvalue weighted by Gasteiger charge is -2.32. The van der Waals surface area contributed by atoms with Gasteiger partial charge in [-0.3, -0.25) is 24.1 Å². The zero-order valence-corrected chi connectivity index (χ0v) is 17.7. The third-order valence-corrected chi connectivity index (χ3v) is 5.46. The summed E-state index contributed by atoms with van der Waals surface area (Å²) in [6.07, 6.45) is 1.62. The molecule has 0 spiro atoms. The van der Waals surface area contributed by atoms with Crippen molar-refractivity contribution in [2.24, 2.45) is 0 Å². The number of likely N-dealkylation sites (tertiary alicyclic amines) is 1. The average molecular weight is 420 g/mol. The van der Waals surface area contributed by atoms with Crippen LogP contribution < -0.4 is 5.32 Å². The maximum absolute atomic E-state index is 12.9. The molecular weight excluding hydrogens is 394 g/mol. The molecule has 0 atom stereocenters. The predicted molar refractivity (Wildman–Crippen MR) is 109 cm³/mol. The van der Waals surface area contributed by atoms with Crippen molar-refractivity contribution in [3.63, 3.8) is 0 Å². The number of carbonyl (C=O) groups is 4. The minimum Gasteiger partial charge on any atom is -0.353 e. The summed E-state index contributed by atoms with van der Waals surface area (Å²) in [4.78, 5) is 52.8. The van der Waals surface area contributed by atoms with E-state index in [-0.39, 0.29) is 47.5 Å². The van der Waals surface area contributed by atoms with Gasteiger partial charge < -0.3 is 10.2 Å². The van der Waals surface area contributed by atoms with Crippen LogP contribution in [0.5, 0.6) is 0 Å². The fraction of sp³-hybridized carbons (Fsp3) is 0.524. The van der Waals surface area contributed by atoms with Gasteiger partial charge in [-0.2, -0.15) is 0 Å². The molecule has 1 saturated heterocycles. The number of halogens is 1. The minimum atomic E-state index is -0.632. The van der Waals surface area contributed by atoms with E-state index in [9.17, 15) is 19.2 Å². The van der Waals surface area contributed by atoms with Gasteiger partial charge in [0.1, 0.15) is 0 Å². The molecule has 1 aromatic carbocycles. The molecule has 8 heteroatoms. The fourth-order valence-corrected chi connectivity index (χ4v) is 3.95. The number of hydrogen-bond donors (Lipinski definition) is 1. The number of rotatable bonds is 4.